The number of aromatic nitrogens is 2. The molecule has 0 aliphatic rings. The van der Waals surface area contributed by atoms with Crippen LogP contribution in [0.15, 0.2) is 47.0 Å². The maximum atomic E-state index is 11.2. The Bertz CT molecular complexity index is 891. The van der Waals surface area contributed by atoms with E-state index in [0.717, 1.165) is 5.56 Å². The van der Waals surface area contributed by atoms with Crippen molar-refractivity contribution in [2.24, 2.45) is 0 Å². The average molecular weight is 326 g/mol. The Kier molecular flexibility index (Phi) is 4.11. The summed E-state index contributed by atoms with van der Waals surface area (Å²) >= 11 is 0. The molecule has 3 aromatic rings. The molecule has 1 aromatic heterocycles. The molecular formula is C16H14N4O4. The number of hydrogen-bond donors (Lipinski definition) is 1. The highest BCUT2D eigenvalue weighted by atomic mass is 16.6. The van der Waals surface area contributed by atoms with Gasteiger partial charge in [0.15, 0.2) is 0 Å². The van der Waals surface area contributed by atoms with Crippen LogP contribution in [0.25, 0.3) is 11.4 Å². The minimum absolute atomic E-state index is 0.0448. The van der Waals surface area contributed by atoms with Gasteiger partial charge in [-0.25, -0.2) is 0 Å². The summed E-state index contributed by atoms with van der Waals surface area (Å²) in [5, 5.41) is 18.1. The molecule has 1 N–H and O–H groups in total. The van der Waals surface area contributed by atoms with E-state index in [1.165, 1.54) is 13.2 Å². The third kappa shape index (κ3) is 3.17. The van der Waals surface area contributed by atoms with Gasteiger partial charge in [-0.1, -0.05) is 17.3 Å². The molecule has 8 heteroatoms. The van der Waals surface area contributed by atoms with Crippen LogP contribution in [0.2, 0.25) is 0 Å². The van der Waals surface area contributed by atoms with Gasteiger partial charge in [0.05, 0.1) is 12.0 Å². The molecule has 122 valence electrons. The lowest BCUT2D eigenvalue weighted by molar-refractivity contribution is -0.383. The fraction of sp³-hybridized carbons (Fsp3) is 0.125. The van der Waals surface area contributed by atoms with E-state index in [1.54, 1.807) is 37.3 Å². The molecule has 0 saturated heterocycles. The van der Waals surface area contributed by atoms with Crippen LogP contribution in [0.1, 0.15) is 5.89 Å². The number of nitro benzene ring substituents is 1. The lowest BCUT2D eigenvalue weighted by atomic mass is 10.1. The first-order chi connectivity index (χ1) is 11.6. The van der Waals surface area contributed by atoms with Gasteiger partial charge in [0, 0.05) is 30.3 Å². The summed E-state index contributed by atoms with van der Waals surface area (Å²) in [6.45, 7) is 1.71. The van der Waals surface area contributed by atoms with Crippen LogP contribution < -0.4 is 10.1 Å². The number of nitrogens with one attached hydrogen (secondary N) is 1. The van der Waals surface area contributed by atoms with E-state index in [9.17, 15) is 10.1 Å². The summed E-state index contributed by atoms with van der Waals surface area (Å²) in [6, 6.07) is 11.7. The maximum Gasteiger partial charge on any atom is 0.292 e. The minimum atomic E-state index is -0.450. The van der Waals surface area contributed by atoms with Crippen molar-refractivity contribution < 1.29 is 14.2 Å². The van der Waals surface area contributed by atoms with Crippen LogP contribution in [0.5, 0.6) is 5.75 Å². The molecule has 0 atom stereocenters. The molecule has 0 fully saturated rings. The van der Waals surface area contributed by atoms with Gasteiger partial charge in [-0.05, 0) is 18.2 Å². The molecule has 0 saturated carbocycles. The standard InChI is InChI=1S/C16H14N4O4/c1-10-17-16(19-24-10)11-4-3-5-12(8-11)18-14-9-13(23-2)6-7-15(14)20(21)22/h3-9,18H,1-2H3. The van der Waals surface area contributed by atoms with Crippen molar-refractivity contribution in [1.29, 1.82) is 0 Å². The van der Waals surface area contributed by atoms with Crippen molar-refractivity contribution in [2.45, 2.75) is 6.92 Å². The van der Waals surface area contributed by atoms with E-state index >= 15 is 0 Å². The van der Waals surface area contributed by atoms with Crippen LogP contribution in [-0.2, 0) is 0 Å². The maximum absolute atomic E-state index is 11.2. The Hall–Kier alpha value is -3.42. The molecule has 0 bridgehead atoms. The molecule has 0 aliphatic carbocycles. The Morgan fingerprint density at radius 1 is 1.25 bits per heavy atom. The van der Waals surface area contributed by atoms with Gasteiger partial charge in [0.25, 0.3) is 5.69 Å². The number of nitro groups is 1. The van der Waals surface area contributed by atoms with Crippen LogP contribution >= 0.6 is 0 Å². The molecule has 0 amide bonds. The zero-order valence-electron chi connectivity index (χ0n) is 13.0. The number of hydrogen-bond acceptors (Lipinski definition) is 7. The smallest absolute Gasteiger partial charge is 0.292 e. The van der Waals surface area contributed by atoms with Gasteiger partial charge in [-0.3, -0.25) is 10.1 Å². The molecule has 24 heavy (non-hydrogen) atoms. The summed E-state index contributed by atoms with van der Waals surface area (Å²) in [6.07, 6.45) is 0. The average Bonchev–Trinajstić information content (AvgIpc) is 3.01. The number of nitrogens with zero attached hydrogens (tertiary/aromatic N) is 3. The van der Waals surface area contributed by atoms with Gasteiger partial charge in [0.1, 0.15) is 11.4 Å². The topological polar surface area (TPSA) is 103 Å². The number of aryl methyl sites for hydroxylation is 1. The van der Waals surface area contributed by atoms with Crippen molar-refractivity contribution in [1.82, 2.24) is 10.1 Å². The van der Waals surface area contributed by atoms with E-state index in [1.807, 2.05) is 6.07 Å². The summed E-state index contributed by atoms with van der Waals surface area (Å²) in [4.78, 5) is 14.9. The Morgan fingerprint density at radius 2 is 2.08 bits per heavy atom. The van der Waals surface area contributed by atoms with E-state index < -0.39 is 4.92 Å². The minimum Gasteiger partial charge on any atom is -0.497 e. The molecule has 2 aromatic carbocycles. The number of rotatable bonds is 5. The predicted molar refractivity (Wildman–Crippen MR) is 87.4 cm³/mol. The van der Waals surface area contributed by atoms with Crippen LogP contribution in [0, 0.1) is 17.0 Å². The van der Waals surface area contributed by atoms with E-state index in [2.05, 4.69) is 15.5 Å². The summed E-state index contributed by atoms with van der Waals surface area (Å²) < 4.78 is 10.1. The van der Waals surface area contributed by atoms with Crippen molar-refractivity contribution >= 4 is 17.1 Å². The first kappa shape index (κ1) is 15.5. The Labute approximate surface area is 137 Å². The first-order valence-electron chi connectivity index (χ1n) is 7.07. The van der Waals surface area contributed by atoms with Crippen LogP contribution in [0.4, 0.5) is 17.1 Å². The van der Waals surface area contributed by atoms with Crippen LogP contribution in [-0.4, -0.2) is 22.2 Å². The highest BCUT2D eigenvalue weighted by Gasteiger charge is 2.15. The molecule has 1 heterocycles. The Morgan fingerprint density at radius 3 is 2.75 bits per heavy atom. The second kappa shape index (κ2) is 6.37. The molecule has 0 spiro atoms. The molecule has 0 unspecified atom stereocenters. The zero-order chi connectivity index (χ0) is 17.1. The van der Waals surface area contributed by atoms with Crippen molar-refractivity contribution in [3.8, 4) is 17.1 Å². The summed E-state index contributed by atoms with van der Waals surface area (Å²) in [7, 11) is 1.50. The van der Waals surface area contributed by atoms with E-state index in [0.29, 0.717) is 28.8 Å². The van der Waals surface area contributed by atoms with E-state index in [-0.39, 0.29) is 5.69 Å². The third-order valence-corrected chi connectivity index (χ3v) is 3.33. The quantitative estimate of drug-likeness (QED) is 0.563. The van der Waals surface area contributed by atoms with Gasteiger partial charge < -0.3 is 14.6 Å². The normalized spacial score (nSPS) is 10.4. The molecular weight excluding hydrogens is 312 g/mol. The summed E-state index contributed by atoms with van der Waals surface area (Å²) in [5.41, 5.74) is 1.69. The lowest BCUT2D eigenvalue weighted by Gasteiger charge is -2.09. The molecule has 0 aliphatic heterocycles. The fourth-order valence-electron chi connectivity index (χ4n) is 2.21. The number of methoxy groups -OCH3 is 1. The lowest BCUT2D eigenvalue weighted by Crippen LogP contribution is -1.98. The summed E-state index contributed by atoms with van der Waals surface area (Å²) in [5.74, 6) is 1.44. The molecule has 0 radical (unpaired) electrons. The first-order valence-corrected chi connectivity index (χ1v) is 7.07. The van der Waals surface area contributed by atoms with E-state index in [4.69, 9.17) is 9.26 Å². The van der Waals surface area contributed by atoms with Gasteiger partial charge in [-0.2, -0.15) is 4.98 Å². The van der Waals surface area contributed by atoms with Crippen molar-refractivity contribution in [3.63, 3.8) is 0 Å². The number of benzene rings is 2. The van der Waals surface area contributed by atoms with Gasteiger partial charge in [0.2, 0.25) is 11.7 Å². The number of anilines is 2. The van der Waals surface area contributed by atoms with Crippen molar-refractivity contribution in [3.05, 3.63) is 58.5 Å². The third-order valence-electron chi connectivity index (χ3n) is 3.33. The second-order valence-electron chi connectivity index (χ2n) is 4.98. The predicted octanol–water partition coefficient (Wildman–Crippen LogP) is 3.71. The number of ether oxygens (including phenoxy) is 1. The Balaban J connectivity index is 1.95. The monoisotopic (exact) mass is 326 g/mol. The van der Waals surface area contributed by atoms with Gasteiger partial charge >= 0.3 is 0 Å². The largest absolute Gasteiger partial charge is 0.497 e. The van der Waals surface area contributed by atoms with Crippen molar-refractivity contribution in [2.75, 3.05) is 12.4 Å². The molecule has 3 rings (SSSR count). The highest BCUT2D eigenvalue weighted by molar-refractivity contribution is 5.73. The van der Waals surface area contributed by atoms with Crippen LogP contribution in [0.3, 0.4) is 0 Å². The zero-order valence-corrected chi connectivity index (χ0v) is 13.0. The molecule has 8 nitrogen and oxygen atoms in total. The SMILES string of the molecule is COc1ccc([N+](=O)[O-])c(Nc2cccc(-c3noc(C)n3)c2)c1. The second-order valence-corrected chi connectivity index (χ2v) is 4.98. The fourth-order valence-corrected chi connectivity index (χ4v) is 2.21. The van der Waals surface area contributed by atoms with Gasteiger partial charge in [-0.15, -0.1) is 0 Å². The highest BCUT2D eigenvalue weighted by Crippen LogP contribution is 2.32.